The molecule has 1 aromatic carbocycles. The van der Waals surface area contributed by atoms with Crippen LogP contribution in [0.4, 0.5) is 11.6 Å². The Morgan fingerprint density at radius 1 is 1.16 bits per heavy atom. The minimum Gasteiger partial charge on any atom is -0.375 e. The molecule has 1 aliphatic heterocycles. The highest BCUT2D eigenvalue weighted by Crippen LogP contribution is 2.27. The molecule has 0 aliphatic carbocycles. The lowest BCUT2D eigenvalue weighted by atomic mass is 9.96. The van der Waals surface area contributed by atoms with Crippen LogP contribution >= 0.6 is 13.5 Å². The first kappa shape index (κ1) is 27.3. The van der Waals surface area contributed by atoms with Gasteiger partial charge < -0.3 is 20.3 Å². The fourth-order valence-electron chi connectivity index (χ4n) is 4.66. The SMILES string of the molecule is CNC(=O)c1ccnc2c([C@H](C)CNc3cc(-c4ccc(N5CCO[C@H](C)C5)nc4)ncn3)cccc12.S. The summed E-state index contributed by atoms with van der Waals surface area (Å²) in [6, 6.07) is 13.7. The van der Waals surface area contributed by atoms with E-state index >= 15 is 0 Å². The molecule has 0 radical (unpaired) electrons. The van der Waals surface area contributed by atoms with Crippen molar-refractivity contribution in [3.63, 3.8) is 0 Å². The molecule has 0 bridgehead atoms. The number of fused-ring (bicyclic) bond motifs is 1. The molecule has 1 saturated heterocycles. The van der Waals surface area contributed by atoms with Crippen LogP contribution in [-0.4, -0.2) is 65.2 Å². The Bertz CT molecular complexity index is 1400. The van der Waals surface area contributed by atoms with E-state index in [1.165, 1.54) is 0 Å². The van der Waals surface area contributed by atoms with E-state index in [2.05, 4.69) is 55.4 Å². The van der Waals surface area contributed by atoms with Crippen molar-refractivity contribution in [1.29, 1.82) is 0 Å². The smallest absolute Gasteiger partial charge is 0.251 e. The van der Waals surface area contributed by atoms with Crippen LogP contribution in [0.15, 0.2) is 61.2 Å². The van der Waals surface area contributed by atoms with Gasteiger partial charge in [-0.1, -0.05) is 25.1 Å². The van der Waals surface area contributed by atoms with Gasteiger partial charge in [-0.25, -0.2) is 15.0 Å². The number of nitrogens with zero attached hydrogens (tertiary/aromatic N) is 5. The highest BCUT2D eigenvalue weighted by atomic mass is 32.1. The summed E-state index contributed by atoms with van der Waals surface area (Å²) in [7, 11) is 1.63. The maximum absolute atomic E-state index is 12.3. The number of morpholine rings is 1. The van der Waals surface area contributed by atoms with E-state index in [1.54, 1.807) is 25.6 Å². The van der Waals surface area contributed by atoms with Gasteiger partial charge in [-0.15, -0.1) is 0 Å². The van der Waals surface area contributed by atoms with Gasteiger partial charge in [0.05, 0.1) is 29.5 Å². The van der Waals surface area contributed by atoms with Crippen LogP contribution in [0.25, 0.3) is 22.2 Å². The summed E-state index contributed by atoms with van der Waals surface area (Å²) in [5.41, 5.74) is 4.27. The van der Waals surface area contributed by atoms with Crippen molar-refractivity contribution < 1.29 is 9.53 Å². The number of carbonyl (C=O) groups excluding carboxylic acids is 1. The fraction of sp³-hybridized carbons (Fsp3) is 0.321. The molecular formula is C28H33N7O2S. The predicted octanol–water partition coefficient (Wildman–Crippen LogP) is 4.00. The number of rotatable bonds is 7. The van der Waals surface area contributed by atoms with E-state index in [0.29, 0.717) is 18.7 Å². The van der Waals surface area contributed by atoms with E-state index in [4.69, 9.17) is 4.74 Å². The molecule has 2 atom stereocenters. The second-order valence-corrected chi connectivity index (χ2v) is 9.28. The summed E-state index contributed by atoms with van der Waals surface area (Å²) in [6.45, 7) is 7.26. The van der Waals surface area contributed by atoms with Crippen molar-refractivity contribution in [1.82, 2.24) is 25.3 Å². The van der Waals surface area contributed by atoms with Crippen LogP contribution in [-0.2, 0) is 4.74 Å². The average Bonchev–Trinajstić information content (AvgIpc) is 2.95. The van der Waals surface area contributed by atoms with Crippen LogP contribution < -0.4 is 15.5 Å². The predicted molar refractivity (Wildman–Crippen MR) is 155 cm³/mol. The molecule has 5 rings (SSSR count). The highest BCUT2D eigenvalue weighted by molar-refractivity contribution is 7.59. The van der Waals surface area contributed by atoms with Crippen molar-refractivity contribution in [3.8, 4) is 11.3 Å². The van der Waals surface area contributed by atoms with Crippen molar-refractivity contribution in [2.75, 3.05) is 43.5 Å². The van der Waals surface area contributed by atoms with Crippen molar-refractivity contribution >= 4 is 41.9 Å². The fourth-order valence-corrected chi connectivity index (χ4v) is 4.66. The Morgan fingerprint density at radius 3 is 2.79 bits per heavy atom. The average molecular weight is 532 g/mol. The number of para-hydroxylation sites is 1. The maximum Gasteiger partial charge on any atom is 0.251 e. The van der Waals surface area contributed by atoms with Gasteiger partial charge in [0.1, 0.15) is 18.0 Å². The number of nitrogens with one attached hydrogen (secondary N) is 2. The first-order valence-electron chi connectivity index (χ1n) is 12.5. The quantitative estimate of drug-likeness (QED) is 0.369. The third-order valence-electron chi connectivity index (χ3n) is 6.67. The molecule has 38 heavy (non-hydrogen) atoms. The number of anilines is 2. The number of hydrogen-bond acceptors (Lipinski definition) is 8. The Morgan fingerprint density at radius 2 is 2.03 bits per heavy atom. The Hall–Kier alpha value is -3.76. The van der Waals surface area contributed by atoms with E-state index in [9.17, 15) is 4.79 Å². The second-order valence-electron chi connectivity index (χ2n) is 9.28. The second kappa shape index (κ2) is 12.2. The summed E-state index contributed by atoms with van der Waals surface area (Å²) >= 11 is 0. The molecule has 2 N–H and O–H groups in total. The third kappa shape index (κ3) is 5.87. The minimum absolute atomic E-state index is 0. The van der Waals surface area contributed by atoms with Gasteiger partial charge >= 0.3 is 0 Å². The van der Waals surface area contributed by atoms with Gasteiger partial charge in [0.25, 0.3) is 5.91 Å². The zero-order valence-electron chi connectivity index (χ0n) is 21.8. The Balaban J connectivity index is 0.00000336. The molecule has 198 valence electrons. The molecular weight excluding hydrogens is 498 g/mol. The zero-order chi connectivity index (χ0) is 25.8. The van der Waals surface area contributed by atoms with E-state index in [-0.39, 0.29) is 31.4 Å². The van der Waals surface area contributed by atoms with E-state index in [0.717, 1.165) is 52.4 Å². The first-order chi connectivity index (χ1) is 18.0. The lowest BCUT2D eigenvalue weighted by molar-refractivity contribution is 0.0529. The number of aromatic nitrogens is 4. The monoisotopic (exact) mass is 531 g/mol. The number of amides is 1. The Labute approximate surface area is 229 Å². The number of benzene rings is 1. The standard InChI is InChI=1S/C28H31N7O2.H2S/c1-18(21-5-4-6-22-23(28(36)29-3)9-10-30-27(21)22)14-31-25-13-24(33-17-34-25)20-7-8-26(32-15-20)35-11-12-37-19(2)16-35;/h4-10,13,15,17-19H,11-12,14,16H2,1-3H3,(H,29,36)(H,31,33,34);1H2/t18-,19-;/m1./s1. The molecule has 10 heteroatoms. The van der Waals surface area contributed by atoms with Crippen molar-refractivity contribution in [2.45, 2.75) is 25.9 Å². The molecule has 4 heterocycles. The third-order valence-corrected chi connectivity index (χ3v) is 6.67. The first-order valence-corrected chi connectivity index (χ1v) is 12.5. The van der Waals surface area contributed by atoms with Crippen LogP contribution in [0.1, 0.15) is 35.7 Å². The van der Waals surface area contributed by atoms with Crippen LogP contribution in [0.5, 0.6) is 0 Å². The lowest BCUT2D eigenvalue weighted by Gasteiger charge is -2.32. The molecule has 9 nitrogen and oxygen atoms in total. The zero-order valence-corrected chi connectivity index (χ0v) is 22.8. The summed E-state index contributed by atoms with van der Waals surface area (Å²) in [6.07, 6.45) is 5.31. The molecule has 4 aromatic rings. The Kier molecular flexibility index (Phi) is 8.75. The summed E-state index contributed by atoms with van der Waals surface area (Å²) in [5.74, 6) is 1.70. The topological polar surface area (TPSA) is 105 Å². The lowest BCUT2D eigenvalue weighted by Crippen LogP contribution is -2.41. The molecule has 0 saturated carbocycles. The number of pyridine rings is 2. The van der Waals surface area contributed by atoms with Crippen LogP contribution in [0, 0.1) is 0 Å². The van der Waals surface area contributed by atoms with E-state index < -0.39 is 0 Å². The summed E-state index contributed by atoms with van der Waals surface area (Å²) < 4.78 is 5.63. The molecule has 0 spiro atoms. The molecule has 1 amide bonds. The van der Waals surface area contributed by atoms with Gasteiger partial charge in [0, 0.05) is 62.0 Å². The van der Waals surface area contributed by atoms with Gasteiger partial charge in [0.15, 0.2) is 0 Å². The highest BCUT2D eigenvalue weighted by Gasteiger charge is 2.18. The largest absolute Gasteiger partial charge is 0.375 e. The normalized spacial score (nSPS) is 16.0. The van der Waals surface area contributed by atoms with Crippen LogP contribution in [0.3, 0.4) is 0 Å². The van der Waals surface area contributed by atoms with Gasteiger partial charge in [-0.05, 0) is 30.7 Å². The maximum atomic E-state index is 12.3. The van der Waals surface area contributed by atoms with Gasteiger partial charge in [0.2, 0.25) is 0 Å². The minimum atomic E-state index is -0.120. The summed E-state index contributed by atoms with van der Waals surface area (Å²) in [4.78, 5) is 32.7. The number of hydrogen-bond donors (Lipinski definition) is 2. The summed E-state index contributed by atoms with van der Waals surface area (Å²) in [5, 5.41) is 6.98. The van der Waals surface area contributed by atoms with Crippen LogP contribution in [0.2, 0.25) is 0 Å². The molecule has 1 fully saturated rings. The van der Waals surface area contributed by atoms with Gasteiger partial charge in [-0.3, -0.25) is 9.78 Å². The van der Waals surface area contributed by atoms with Crippen molar-refractivity contribution in [3.05, 3.63) is 72.3 Å². The number of ether oxygens (including phenoxy) is 1. The van der Waals surface area contributed by atoms with E-state index in [1.807, 2.05) is 36.5 Å². The number of carbonyl (C=O) groups is 1. The molecule has 0 unspecified atom stereocenters. The molecule has 1 aliphatic rings. The van der Waals surface area contributed by atoms with Gasteiger partial charge in [-0.2, -0.15) is 13.5 Å². The van der Waals surface area contributed by atoms with Crippen molar-refractivity contribution in [2.24, 2.45) is 0 Å². The molecule has 3 aromatic heterocycles.